The zero-order valence-electron chi connectivity index (χ0n) is 12.5. The number of rotatable bonds is 6. The number of sulfone groups is 1. The van der Waals surface area contributed by atoms with Gasteiger partial charge in [0, 0.05) is 12.1 Å². The molecule has 1 aliphatic rings. The average Bonchev–Trinajstić information content (AvgIpc) is 2.79. The normalized spacial score (nSPS) is 22.0. The third kappa shape index (κ3) is 4.35. The number of benzene rings is 1. The van der Waals surface area contributed by atoms with Crippen LogP contribution in [0.2, 0.25) is 0 Å². The van der Waals surface area contributed by atoms with E-state index >= 15 is 0 Å². The third-order valence-corrected chi connectivity index (χ3v) is 5.50. The molecular formula is C15H23NO4S. The monoisotopic (exact) mass is 313 g/mol. The largest absolute Gasteiger partial charge is 0.497 e. The second-order valence-corrected chi connectivity index (χ2v) is 7.72. The fourth-order valence-electron chi connectivity index (χ4n) is 2.40. The first kappa shape index (κ1) is 16.1. The van der Waals surface area contributed by atoms with Crippen molar-refractivity contribution in [2.24, 2.45) is 5.73 Å². The molecule has 5 nitrogen and oxygen atoms in total. The molecule has 0 amide bonds. The van der Waals surface area contributed by atoms with Crippen LogP contribution in [0.15, 0.2) is 18.2 Å². The summed E-state index contributed by atoms with van der Waals surface area (Å²) in [7, 11) is -1.36. The zero-order valence-corrected chi connectivity index (χ0v) is 13.4. The van der Waals surface area contributed by atoms with Gasteiger partial charge in [-0.15, -0.1) is 0 Å². The fourth-order valence-corrected chi connectivity index (χ4v) is 3.99. The zero-order chi connectivity index (χ0) is 15.5. The molecule has 2 N–H and O–H groups in total. The van der Waals surface area contributed by atoms with Gasteiger partial charge in [0.2, 0.25) is 0 Å². The molecule has 1 aliphatic heterocycles. The van der Waals surface area contributed by atoms with E-state index in [1.807, 2.05) is 25.1 Å². The molecule has 0 spiro atoms. The summed E-state index contributed by atoms with van der Waals surface area (Å²) in [5, 5.41) is 0. The Hall–Kier alpha value is -1.27. The lowest BCUT2D eigenvalue weighted by molar-refractivity contribution is 0.225. The highest BCUT2D eigenvalue weighted by Crippen LogP contribution is 2.29. The van der Waals surface area contributed by atoms with Crippen LogP contribution in [0.4, 0.5) is 0 Å². The minimum atomic E-state index is -2.95. The highest BCUT2D eigenvalue weighted by Gasteiger charge is 2.30. The molecule has 1 heterocycles. The summed E-state index contributed by atoms with van der Waals surface area (Å²) < 4.78 is 34.2. The summed E-state index contributed by atoms with van der Waals surface area (Å²) >= 11 is 0. The number of ether oxygens (including phenoxy) is 2. The van der Waals surface area contributed by atoms with Crippen LogP contribution >= 0.6 is 0 Å². The summed E-state index contributed by atoms with van der Waals surface area (Å²) in [6.45, 7) is 2.04. The van der Waals surface area contributed by atoms with E-state index in [1.165, 1.54) is 0 Å². The Bertz CT molecular complexity index is 585. The highest BCUT2D eigenvalue weighted by atomic mass is 32.2. The van der Waals surface area contributed by atoms with Crippen LogP contribution in [0.25, 0.3) is 0 Å². The lowest BCUT2D eigenvalue weighted by Gasteiger charge is -2.18. The Labute approximate surface area is 126 Å². The SMILES string of the molecule is CCC(N)Cc1ccc(OC)cc1OC1CCS(=O)(=O)C1. The number of nitrogens with two attached hydrogens (primary N) is 1. The first-order valence-electron chi connectivity index (χ1n) is 7.23. The van der Waals surface area contributed by atoms with E-state index in [9.17, 15) is 8.42 Å². The van der Waals surface area contributed by atoms with Crippen molar-refractivity contribution < 1.29 is 17.9 Å². The minimum Gasteiger partial charge on any atom is -0.497 e. The quantitative estimate of drug-likeness (QED) is 0.862. The number of hydrogen-bond donors (Lipinski definition) is 1. The van der Waals surface area contributed by atoms with Gasteiger partial charge in [-0.3, -0.25) is 0 Å². The summed E-state index contributed by atoms with van der Waals surface area (Å²) in [5.41, 5.74) is 7.01. The van der Waals surface area contributed by atoms with Crippen molar-refractivity contribution in [1.82, 2.24) is 0 Å². The van der Waals surface area contributed by atoms with Gasteiger partial charge in [0.25, 0.3) is 0 Å². The fraction of sp³-hybridized carbons (Fsp3) is 0.600. The van der Waals surface area contributed by atoms with Gasteiger partial charge < -0.3 is 15.2 Å². The molecule has 0 bridgehead atoms. The highest BCUT2D eigenvalue weighted by molar-refractivity contribution is 7.91. The van der Waals surface area contributed by atoms with Crippen LogP contribution in [0.3, 0.4) is 0 Å². The van der Waals surface area contributed by atoms with Gasteiger partial charge in [-0.1, -0.05) is 13.0 Å². The van der Waals surface area contributed by atoms with E-state index in [-0.39, 0.29) is 23.7 Å². The molecule has 1 aromatic rings. The maximum Gasteiger partial charge on any atom is 0.154 e. The maximum absolute atomic E-state index is 11.5. The number of hydrogen-bond acceptors (Lipinski definition) is 5. The lowest BCUT2D eigenvalue weighted by Crippen LogP contribution is -2.23. The molecule has 1 saturated heterocycles. The molecule has 2 atom stereocenters. The molecule has 0 aliphatic carbocycles. The first-order chi connectivity index (χ1) is 9.93. The molecule has 6 heteroatoms. The molecule has 2 rings (SSSR count). The second kappa shape index (κ2) is 6.66. The van der Waals surface area contributed by atoms with E-state index in [2.05, 4.69) is 0 Å². The summed E-state index contributed by atoms with van der Waals surface area (Å²) in [4.78, 5) is 0. The summed E-state index contributed by atoms with van der Waals surface area (Å²) in [6, 6.07) is 5.68. The van der Waals surface area contributed by atoms with Crippen LogP contribution in [0, 0.1) is 0 Å². The first-order valence-corrected chi connectivity index (χ1v) is 9.05. The molecule has 1 fully saturated rings. The van der Waals surface area contributed by atoms with Crippen LogP contribution in [-0.4, -0.2) is 39.2 Å². The van der Waals surface area contributed by atoms with Gasteiger partial charge >= 0.3 is 0 Å². The van der Waals surface area contributed by atoms with Gasteiger partial charge in [-0.05, 0) is 30.9 Å². The van der Waals surface area contributed by atoms with Crippen molar-refractivity contribution >= 4 is 9.84 Å². The molecule has 0 radical (unpaired) electrons. The Morgan fingerprint density at radius 2 is 2.19 bits per heavy atom. The number of methoxy groups -OCH3 is 1. The summed E-state index contributed by atoms with van der Waals surface area (Å²) in [5.74, 6) is 1.66. The van der Waals surface area contributed by atoms with Crippen molar-refractivity contribution in [3.05, 3.63) is 23.8 Å². The average molecular weight is 313 g/mol. The van der Waals surface area contributed by atoms with Gasteiger partial charge in [0.05, 0.1) is 18.6 Å². The minimum absolute atomic E-state index is 0.0630. The molecule has 0 saturated carbocycles. The van der Waals surface area contributed by atoms with Crippen molar-refractivity contribution in [2.75, 3.05) is 18.6 Å². The van der Waals surface area contributed by atoms with Crippen LogP contribution in [0.1, 0.15) is 25.3 Å². The van der Waals surface area contributed by atoms with E-state index in [4.69, 9.17) is 15.2 Å². The maximum atomic E-state index is 11.5. The topological polar surface area (TPSA) is 78.6 Å². The van der Waals surface area contributed by atoms with Crippen LogP contribution in [0.5, 0.6) is 11.5 Å². The van der Waals surface area contributed by atoms with Gasteiger partial charge in [-0.2, -0.15) is 0 Å². The predicted octanol–water partition coefficient (Wildman–Crippen LogP) is 1.54. The molecule has 2 unspecified atom stereocenters. The Kier molecular flexibility index (Phi) is 5.11. The molecular weight excluding hydrogens is 290 g/mol. The van der Waals surface area contributed by atoms with Crippen molar-refractivity contribution in [3.63, 3.8) is 0 Å². The van der Waals surface area contributed by atoms with Crippen molar-refractivity contribution in [3.8, 4) is 11.5 Å². The van der Waals surface area contributed by atoms with E-state index in [0.29, 0.717) is 24.3 Å². The molecule has 1 aromatic carbocycles. The molecule has 21 heavy (non-hydrogen) atoms. The van der Waals surface area contributed by atoms with E-state index in [0.717, 1.165) is 12.0 Å². The third-order valence-electron chi connectivity index (χ3n) is 3.77. The van der Waals surface area contributed by atoms with Crippen LogP contribution < -0.4 is 15.2 Å². The van der Waals surface area contributed by atoms with Gasteiger partial charge in [0.1, 0.15) is 17.6 Å². The smallest absolute Gasteiger partial charge is 0.154 e. The standard InChI is InChI=1S/C15H23NO4S/c1-3-12(16)8-11-4-5-13(19-2)9-15(11)20-14-6-7-21(17,18)10-14/h4-5,9,12,14H,3,6-8,10,16H2,1-2H3. The predicted molar refractivity (Wildman–Crippen MR) is 82.7 cm³/mol. The molecule has 118 valence electrons. The van der Waals surface area contributed by atoms with Gasteiger partial charge in [-0.25, -0.2) is 8.42 Å². The Morgan fingerprint density at radius 1 is 1.43 bits per heavy atom. The second-order valence-electron chi connectivity index (χ2n) is 5.49. The summed E-state index contributed by atoms with van der Waals surface area (Å²) in [6.07, 6.45) is 1.84. The van der Waals surface area contributed by atoms with Gasteiger partial charge in [0.15, 0.2) is 9.84 Å². The van der Waals surface area contributed by atoms with Crippen molar-refractivity contribution in [1.29, 1.82) is 0 Å². The Morgan fingerprint density at radius 3 is 2.76 bits per heavy atom. The van der Waals surface area contributed by atoms with Crippen LogP contribution in [-0.2, 0) is 16.3 Å². The Balaban J connectivity index is 2.18. The lowest BCUT2D eigenvalue weighted by atomic mass is 10.0. The van der Waals surface area contributed by atoms with E-state index in [1.54, 1.807) is 7.11 Å². The van der Waals surface area contributed by atoms with E-state index < -0.39 is 9.84 Å². The van der Waals surface area contributed by atoms with Crippen molar-refractivity contribution in [2.45, 2.75) is 38.3 Å². The molecule has 0 aromatic heterocycles.